The Hall–Kier alpha value is -1.90. The fourth-order valence-corrected chi connectivity index (χ4v) is 4.31. The molecule has 3 heterocycles. The minimum atomic E-state index is 0.113. The van der Waals surface area contributed by atoms with E-state index in [0.717, 1.165) is 28.7 Å². The Morgan fingerprint density at radius 3 is 2.96 bits per heavy atom. The zero-order chi connectivity index (χ0) is 18.5. The molecule has 0 saturated heterocycles. The smallest absolute Gasteiger partial charge is 0.191 e. The predicted octanol–water partition coefficient (Wildman–Crippen LogP) is 3.43. The molecule has 0 amide bonds. The average molecular weight is 391 g/mol. The molecule has 6 nitrogen and oxygen atoms in total. The molecule has 0 bridgehead atoms. The van der Waals surface area contributed by atoms with Crippen LogP contribution in [0.3, 0.4) is 0 Å². The average Bonchev–Trinajstić information content (AvgIpc) is 3.35. The number of ether oxygens (including phenoxy) is 1. The van der Waals surface area contributed by atoms with Gasteiger partial charge in [0.1, 0.15) is 6.33 Å². The van der Waals surface area contributed by atoms with Crippen LogP contribution in [0.15, 0.2) is 35.1 Å². The van der Waals surface area contributed by atoms with Gasteiger partial charge in [0.05, 0.1) is 18.9 Å². The van der Waals surface area contributed by atoms with Crippen molar-refractivity contribution in [2.75, 3.05) is 19.5 Å². The lowest BCUT2D eigenvalue weighted by molar-refractivity contribution is 0.102. The highest BCUT2D eigenvalue weighted by Gasteiger charge is 2.17. The van der Waals surface area contributed by atoms with Crippen molar-refractivity contribution >= 4 is 28.9 Å². The number of hydrogen-bond acceptors (Lipinski definition) is 6. The Morgan fingerprint density at radius 1 is 1.38 bits per heavy atom. The highest BCUT2D eigenvalue weighted by molar-refractivity contribution is 7.99. The highest BCUT2D eigenvalue weighted by atomic mass is 32.2. The summed E-state index contributed by atoms with van der Waals surface area (Å²) in [6.45, 7) is 6.13. The number of rotatable bonds is 9. The second-order valence-corrected chi connectivity index (χ2v) is 7.94. The number of thioether (sulfide) groups is 1. The second-order valence-electron chi connectivity index (χ2n) is 5.96. The standard InChI is InChI=1S/C18H22N4O2S2/c1-13-9-16(14(2)22(13)10-15-5-4-8-25-15)17(23)11-26-18-20-19-12-21(18)6-7-24-3/h4-5,8-9,12H,6-7,10-11H2,1-3H3. The van der Waals surface area contributed by atoms with Crippen LogP contribution in [-0.2, 0) is 17.8 Å². The van der Waals surface area contributed by atoms with Gasteiger partial charge in [-0.2, -0.15) is 0 Å². The molecule has 0 fully saturated rings. The molecule has 3 aromatic heterocycles. The number of carbonyl (C=O) groups excluding carboxylic acids is 1. The van der Waals surface area contributed by atoms with E-state index in [9.17, 15) is 4.79 Å². The first-order valence-corrected chi connectivity index (χ1v) is 10.2. The molecule has 0 spiro atoms. The van der Waals surface area contributed by atoms with Gasteiger partial charge in [-0.3, -0.25) is 4.79 Å². The third-order valence-electron chi connectivity index (χ3n) is 4.22. The first-order valence-electron chi connectivity index (χ1n) is 8.32. The van der Waals surface area contributed by atoms with Gasteiger partial charge in [0.25, 0.3) is 0 Å². The monoisotopic (exact) mass is 390 g/mol. The Bertz CT molecular complexity index is 868. The zero-order valence-corrected chi connectivity index (χ0v) is 16.8. The first kappa shape index (κ1) is 18.9. The summed E-state index contributed by atoms with van der Waals surface area (Å²) in [6, 6.07) is 6.16. The number of carbonyl (C=O) groups is 1. The number of hydrogen-bond donors (Lipinski definition) is 0. The molecule has 0 aromatic carbocycles. The molecule has 0 aliphatic rings. The number of ketones is 1. The van der Waals surface area contributed by atoms with E-state index in [-0.39, 0.29) is 5.78 Å². The molecule has 26 heavy (non-hydrogen) atoms. The summed E-state index contributed by atoms with van der Waals surface area (Å²) in [5.74, 6) is 0.455. The molecular weight excluding hydrogens is 368 g/mol. The van der Waals surface area contributed by atoms with Gasteiger partial charge in [0.15, 0.2) is 10.9 Å². The molecular formula is C18H22N4O2S2. The minimum absolute atomic E-state index is 0.113. The van der Waals surface area contributed by atoms with E-state index in [1.54, 1.807) is 24.8 Å². The topological polar surface area (TPSA) is 61.9 Å². The van der Waals surface area contributed by atoms with E-state index in [4.69, 9.17) is 4.74 Å². The van der Waals surface area contributed by atoms with Crippen LogP contribution in [0.2, 0.25) is 0 Å². The van der Waals surface area contributed by atoms with Crippen molar-refractivity contribution in [3.8, 4) is 0 Å². The maximum absolute atomic E-state index is 12.7. The molecule has 0 radical (unpaired) electrons. The Labute approximate surface area is 161 Å². The van der Waals surface area contributed by atoms with Gasteiger partial charge in [0, 0.05) is 35.5 Å². The molecule has 138 valence electrons. The van der Waals surface area contributed by atoms with Crippen LogP contribution in [0.1, 0.15) is 26.6 Å². The van der Waals surface area contributed by atoms with Gasteiger partial charge < -0.3 is 13.9 Å². The lowest BCUT2D eigenvalue weighted by Gasteiger charge is -2.08. The molecule has 3 rings (SSSR count). The summed E-state index contributed by atoms with van der Waals surface area (Å²) in [5, 5.41) is 10.8. The van der Waals surface area contributed by atoms with Gasteiger partial charge >= 0.3 is 0 Å². The molecule has 0 unspecified atom stereocenters. The van der Waals surface area contributed by atoms with Crippen LogP contribution in [0, 0.1) is 13.8 Å². The van der Waals surface area contributed by atoms with E-state index in [1.165, 1.54) is 16.6 Å². The van der Waals surface area contributed by atoms with Crippen LogP contribution in [0.25, 0.3) is 0 Å². The number of aromatic nitrogens is 4. The summed E-state index contributed by atoms with van der Waals surface area (Å²) < 4.78 is 9.19. The third-order valence-corrected chi connectivity index (χ3v) is 6.06. The number of methoxy groups -OCH3 is 1. The normalized spacial score (nSPS) is 11.2. The van der Waals surface area contributed by atoms with Crippen molar-refractivity contribution in [3.63, 3.8) is 0 Å². The van der Waals surface area contributed by atoms with E-state index in [2.05, 4.69) is 32.3 Å². The molecule has 0 atom stereocenters. The maximum atomic E-state index is 12.7. The van der Waals surface area contributed by atoms with E-state index < -0.39 is 0 Å². The number of aryl methyl sites for hydroxylation is 1. The van der Waals surface area contributed by atoms with Crippen LogP contribution in [-0.4, -0.2) is 44.6 Å². The van der Waals surface area contributed by atoms with Crippen molar-refractivity contribution < 1.29 is 9.53 Å². The van der Waals surface area contributed by atoms with Crippen molar-refractivity contribution in [2.24, 2.45) is 0 Å². The maximum Gasteiger partial charge on any atom is 0.191 e. The van der Waals surface area contributed by atoms with Crippen molar-refractivity contribution in [3.05, 3.63) is 51.7 Å². The van der Waals surface area contributed by atoms with E-state index in [0.29, 0.717) is 18.9 Å². The minimum Gasteiger partial charge on any atom is -0.383 e. The van der Waals surface area contributed by atoms with Gasteiger partial charge in [-0.05, 0) is 31.4 Å². The summed E-state index contributed by atoms with van der Waals surface area (Å²) >= 11 is 3.14. The van der Waals surface area contributed by atoms with Gasteiger partial charge in [0.2, 0.25) is 0 Å². The SMILES string of the molecule is COCCn1cnnc1SCC(=O)c1cc(C)n(Cc2cccs2)c1C. The summed E-state index contributed by atoms with van der Waals surface area (Å²) in [5.41, 5.74) is 2.91. The zero-order valence-electron chi connectivity index (χ0n) is 15.1. The number of Topliss-reactive ketones (excluding diaryl/α,β-unsaturated/α-hetero) is 1. The molecule has 0 aliphatic heterocycles. The summed E-state index contributed by atoms with van der Waals surface area (Å²) in [7, 11) is 1.66. The van der Waals surface area contributed by atoms with Crippen molar-refractivity contribution in [1.29, 1.82) is 0 Å². The van der Waals surface area contributed by atoms with Gasteiger partial charge in [-0.1, -0.05) is 17.8 Å². The van der Waals surface area contributed by atoms with Crippen molar-refractivity contribution in [1.82, 2.24) is 19.3 Å². The first-order chi connectivity index (χ1) is 12.6. The number of nitrogens with zero attached hydrogens (tertiary/aromatic N) is 4. The van der Waals surface area contributed by atoms with Crippen molar-refractivity contribution in [2.45, 2.75) is 32.1 Å². The number of thiophene rings is 1. The van der Waals surface area contributed by atoms with Crippen LogP contribution in [0.5, 0.6) is 0 Å². The van der Waals surface area contributed by atoms with Gasteiger partial charge in [-0.25, -0.2) is 0 Å². The predicted molar refractivity (Wildman–Crippen MR) is 104 cm³/mol. The lowest BCUT2D eigenvalue weighted by Crippen LogP contribution is -2.09. The summed E-state index contributed by atoms with van der Waals surface area (Å²) in [4.78, 5) is 14.0. The molecule has 0 saturated carbocycles. The second kappa shape index (κ2) is 8.66. The Morgan fingerprint density at radius 2 is 2.23 bits per heavy atom. The summed E-state index contributed by atoms with van der Waals surface area (Å²) in [6.07, 6.45) is 1.67. The van der Waals surface area contributed by atoms with E-state index >= 15 is 0 Å². The largest absolute Gasteiger partial charge is 0.383 e. The fraction of sp³-hybridized carbons (Fsp3) is 0.389. The Kier molecular flexibility index (Phi) is 6.29. The van der Waals surface area contributed by atoms with Crippen LogP contribution < -0.4 is 0 Å². The van der Waals surface area contributed by atoms with Crippen LogP contribution in [0.4, 0.5) is 0 Å². The lowest BCUT2D eigenvalue weighted by atomic mass is 10.2. The van der Waals surface area contributed by atoms with Crippen LogP contribution >= 0.6 is 23.1 Å². The molecule has 0 aliphatic carbocycles. The molecule has 8 heteroatoms. The Balaban J connectivity index is 1.68. The quantitative estimate of drug-likeness (QED) is 0.414. The van der Waals surface area contributed by atoms with E-state index in [1.807, 2.05) is 24.5 Å². The highest BCUT2D eigenvalue weighted by Crippen LogP contribution is 2.22. The van der Waals surface area contributed by atoms with Gasteiger partial charge in [-0.15, -0.1) is 21.5 Å². The molecule has 3 aromatic rings. The third kappa shape index (κ3) is 4.25. The molecule has 0 N–H and O–H groups in total. The fourth-order valence-electron chi connectivity index (χ4n) is 2.79.